The summed E-state index contributed by atoms with van der Waals surface area (Å²) in [5.41, 5.74) is 3.44. The van der Waals surface area contributed by atoms with E-state index in [0.29, 0.717) is 0 Å². The van der Waals surface area contributed by atoms with E-state index >= 15 is 0 Å². The number of allylic oxidation sites excluding steroid dienone is 4. The highest BCUT2D eigenvalue weighted by Crippen LogP contribution is 2.39. The van der Waals surface area contributed by atoms with Crippen LogP contribution in [0.5, 0.6) is 0 Å². The van der Waals surface area contributed by atoms with Gasteiger partial charge in [0.25, 0.3) is 0 Å². The van der Waals surface area contributed by atoms with E-state index in [-0.39, 0.29) is 0 Å². The Kier molecular flexibility index (Phi) is 8.73. The van der Waals surface area contributed by atoms with E-state index in [1.54, 1.807) is 5.57 Å². The highest BCUT2D eigenvalue weighted by molar-refractivity contribution is 5.11. The minimum absolute atomic E-state index is 0.946. The van der Waals surface area contributed by atoms with E-state index in [0.717, 1.165) is 35.5 Å². The molecule has 2 saturated carbocycles. The molecule has 28 heavy (non-hydrogen) atoms. The molecule has 0 aromatic carbocycles. The van der Waals surface area contributed by atoms with Crippen molar-refractivity contribution in [3.8, 4) is 0 Å². The van der Waals surface area contributed by atoms with Crippen molar-refractivity contribution >= 4 is 0 Å². The summed E-state index contributed by atoms with van der Waals surface area (Å²) in [5, 5.41) is 0. The smallest absolute Gasteiger partial charge is 0.0203 e. The highest BCUT2D eigenvalue weighted by atomic mass is 14.3. The molecule has 4 aliphatic carbocycles. The molecule has 0 radical (unpaired) electrons. The third-order valence-corrected chi connectivity index (χ3v) is 8.65. The molecule has 0 spiro atoms. The fraction of sp³-hybridized carbons (Fsp3) is 0.857. The summed E-state index contributed by atoms with van der Waals surface area (Å²) in [6, 6.07) is 0. The first-order valence-corrected chi connectivity index (χ1v) is 12.9. The summed E-state index contributed by atoms with van der Waals surface area (Å²) in [7, 11) is 0. The van der Waals surface area contributed by atoms with Gasteiger partial charge in [0.15, 0.2) is 0 Å². The summed E-state index contributed by atoms with van der Waals surface area (Å²) in [5.74, 6) is 6.02. The molecule has 0 aromatic heterocycles. The van der Waals surface area contributed by atoms with Crippen molar-refractivity contribution < 1.29 is 0 Å². The van der Waals surface area contributed by atoms with Crippen molar-refractivity contribution in [1.82, 2.24) is 0 Å². The second kappa shape index (κ2) is 11.0. The molecule has 0 bridgehead atoms. The Morgan fingerprint density at radius 3 is 1.75 bits per heavy atom. The molecule has 0 heteroatoms. The van der Waals surface area contributed by atoms with Crippen molar-refractivity contribution in [2.45, 2.75) is 118 Å². The largest absolute Gasteiger partial charge is 0.0853 e. The maximum Gasteiger partial charge on any atom is -0.0203 e. The van der Waals surface area contributed by atoms with Crippen LogP contribution in [-0.2, 0) is 0 Å². The van der Waals surface area contributed by atoms with Crippen LogP contribution in [0.4, 0.5) is 0 Å². The third kappa shape index (κ3) is 6.77. The van der Waals surface area contributed by atoms with Crippen LogP contribution in [0.15, 0.2) is 23.3 Å². The number of rotatable bonds is 2. The molecule has 0 amide bonds. The van der Waals surface area contributed by atoms with Crippen molar-refractivity contribution in [2.75, 3.05) is 0 Å². The van der Waals surface area contributed by atoms with Gasteiger partial charge in [-0.05, 0) is 107 Å². The monoisotopic (exact) mass is 384 g/mol. The second-order valence-corrected chi connectivity index (χ2v) is 11.2. The first-order valence-electron chi connectivity index (χ1n) is 12.9. The zero-order chi connectivity index (χ0) is 19.9. The molecule has 0 aromatic rings. The average Bonchev–Trinajstić information content (AvgIpc) is 2.71. The molecule has 4 aliphatic rings. The lowest BCUT2D eigenvalue weighted by Gasteiger charge is -2.34. The molecular weight excluding hydrogens is 336 g/mol. The number of hydrogen-bond acceptors (Lipinski definition) is 0. The molecule has 2 fully saturated rings. The Morgan fingerprint density at radius 2 is 1.21 bits per heavy atom. The van der Waals surface area contributed by atoms with Gasteiger partial charge in [-0.1, -0.05) is 69.8 Å². The van der Waals surface area contributed by atoms with Crippen molar-refractivity contribution in [3.05, 3.63) is 23.3 Å². The van der Waals surface area contributed by atoms with Gasteiger partial charge in [-0.2, -0.15) is 0 Å². The lowest BCUT2D eigenvalue weighted by Crippen LogP contribution is -2.22. The molecule has 2 atom stereocenters. The van der Waals surface area contributed by atoms with Crippen molar-refractivity contribution in [3.63, 3.8) is 0 Å². The van der Waals surface area contributed by atoms with Gasteiger partial charge < -0.3 is 0 Å². The first-order chi connectivity index (χ1) is 13.5. The molecule has 2 unspecified atom stereocenters. The molecule has 0 aliphatic heterocycles. The number of hydrogen-bond donors (Lipinski definition) is 0. The first kappa shape index (κ1) is 22.2. The van der Waals surface area contributed by atoms with Crippen molar-refractivity contribution in [1.29, 1.82) is 0 Å². The predicted octanol–water partition coefficient (Wildman–Crippen LogP) is 9.12. The van der Waals surface area contributed by atoms with E-state index < -0.39 is 0 Å². The summed E-state index contributed by atoms with van der Waals surface area (Å²) in [4.78, 5) is 0. The lowest BCUT2D eigenvalue weighted by molar-refractivity contribution is 0.200. The van der Waals surface area contributed by atoms with Gasteiger partial charge in [0, 0.05) is 0 Å². The van der Waals surface area contributed by atoms with Crippen LogP contribution >= 0.6 is 0 Å². The van der Waals surface area contributed by atoms with Crippen LogP contribution in [0.2, 0.25) is 0 Å². The van der Waals surface area contributed by atoms with E-state index in [9.17, 15) is 0 Å². The van der Waals surface area contributed by atoms with E-state index in [1.165, 1.54) is 89.9 Å². The highest BCUT2D eigenvalue weighted by Gasteiger charge is 2.26. The minimum atomic E-state index is 0.946. The van der Waals surface area contributed by atoms with E-state index in [1.807, 2.05) is 5.57 Å². The van der Waals surface area contributed by atoms with Gasteiger partial charge in [0.1, 0.15) is 0 Å². The lowest BCUT2D eigenvalue weighted by atomic mass is 9.72. The fourth-order valence-corrected chi connectivity index (χ4v) is 6.16. The zero-order valence-corrected chi connectivity index (χ0v) is 19.5. The summed E-state index contributed by atoms with van der Waals surface area (Å²) >= 11 is 0. The van der Waals surface area contributed by atoms with Crippen molar-refractivity contribution in [2.24, 2.45) is 35.5 Å². The average molecular weight is 385 g/mol. The minimum Gasteiger partial charge on any atom is -0.0853 e. The van der Waals surface area contributed by atoms with Crippen LogP contribution in [0.3, 0.4) is 0 Å². The van der Waals surface area contributed by atoms with Gasteiger partial charge in [-0.25, -0.2) is 0 Å². The van der Waals surface area contributed by atoms with Gasteiger partial charge in [0.2, 0.25) is 0 Å². The Hall–Kier alpha value is -0.520. The fourth-order valence-electron chi connectivity index (χ4n) is 6.16. The van der Waals surface area contributed by atoms with E-state index in [2.05, 4.69) is 39.8 Å². The van der Waals surface area contributed by atoms with Crippen LogP contribution in [0, 0.1) is 35.5 Å². The zero-order valence-electron chi connectivity index (χ0n) is 19.5. The molecule has 4 rings (SSSR count). The standard InChI is InChI=1S/2C14H24/c2*1-11-3-7-13(8-4-11)14-9-5-12(2)6-10-14/h7,11-12,14H,3-6,8-10H2,1-2H3;3,12-14H,4-10H2,1-2H3. The van der Waals surface area contributed by atoms with Crippen LogP contribution in [0.1, 0.15) is 118 Å². The van der Waals surface area contributed by atoms with Gasteiger partial charge in [0.05, 0.1) is 0 Å². The quantitative estimate of drug-likeness (QED) is 0.416. The maximum absolute atomic E-state index is 2.56. The van der Waals surface area contributed by atoms with Gasteiger partial charge in [-0.15, -0.1) is 0 Å². The van der Waals surface area contributed by atoms with Crippen LogP contribution in [-0.4, -0.2) is 0 Å². The molecular formula is C28H48. The molecule has 0 saturated heterocycles. The van der Waals surface area contributed by atoms with E-state index in [4.69, 9.17) is 0 Å². The third-order valence-electron chi connectivity index (χ3n) is 8.65. The molecule has 0 heterocycles. The second-order valence-electron chi connectivity index (χ2n) is 11.2. The maximum atomic E-state index is 2.56. The summed E-state index contributed by atoms with van der Waals surface area (Å²) < 4.78 is 0. The Labute approximate surface area is 176 Å². The topological polar surface area (TPSA) is 0 Å². The summed E-state index contributed by atoms with van der Waals surface area (Å²) in [6.45, 7) is 9.50. The Balaban J connectivity index is 0.000000161. The SMILES string of the molecule is CC1=CCC(C2CCC(C)CC2)CC1.CC1CC=C(C2CCC(C)CC2)CC1. The molecule has 160 valence electrons. The Morgan fingerprint density at radius 1 is 0.571 bits per heavy atom. The van der Waals surface area contributed by atoms with Crippen LogP contribution in [0.25, 0.3) is 0 Å². The molecule has 0 nitrogen and oxygen atoms in total. The normalized spacial score (nSPS) is 39.3. The van der Waals surface area contributed by atoms with Gasteiger partial charge in [-0.3, -0.25) is 0 Å². The Bertz CT molecular complexity index is 508. The molecule has 0 N–H and O–H groups in total. The summed E-state index contributed by atoms with van der Waals surface area (Å²) in [6.07, 6.45) is 25.4. The van der Waals surface area contributed by atoms with Gasteiger partial charge >= 0.3 is 0 Å². The predicted molar refractivity (Wildman–Crippen MR) is 124 cm³/mol. The van der Waals surface area contributed by atoms with Crippen LogP contribution < -0.4 is 0 Å².